The molecule has 1 aromatic rings. The van der Waals surface area contributed by atoms with Crippen molar-refractivity contribution < 1.29 is 17.1 Å². The van der Waals surface area contributed by atoms with E-state index >= 15 is 0 Å². The van der Waals surface area contributed by atoms with Crippen LogP contribution >= 0.6 is 12.6 Å². The molecule has 2 aliphatic rings. The average molecular weight is 334 g/mol. The second kappa shape index (κ2) is 11.4. The number of hydrogen-bond donors (Lipinski definition) is 1. The number of hydrogen-bond acceptors (Lipinski definition) is 1. The van der Waals surface area contributed by atoms with Crippen molar-refractivity contribution in [2.24, 2.45) is 0 Å². The molecule has 1 aromatic carbocycles. The summed E-state index contributed by atoms with van der Waals surface area (Å²) in [5.41, 5.74) is 2.48. The molecular formula is C19H18FeS+2. The van der Waals surface area contributed by atoms with Crippen LogP contribution in [0.3, 0.4) is 0 Å². The van der Waals surface area contributed by atoms with E-state index in [1.54, 1.807) is 0 Å². The van der Waals surface area contributed by atoms with E-state index < -0.39 is 0 Å². The number of benzene rings is 1. The van der Waals surface area contributed by atoms with Gasteiger partial charge in [-0.1, -0.05) is 36.4 Å². The molecule has 2 heteroatoms. The van der Waals surface area contributed by atoms with Crippen molar-refractivity contribution in [2.75, 3.05) is 0 Å². The fourth-order valence-corrected chi connectivity index (χ4v) is 1.96. The molecule has 0 aliphatic heterocycles. The summed E-state index contributed by atoms with van der Waals surface area (Å²) >= 11 is 4.23. The zero-order chi connectivity index (χ0) is 14.0. The van der Waals surface area contributed by atoms with Crippen LogP contribution in [-0.4, -0.2) is 0 Å². The minimum absolute atomic E-state index is 0. The molecule has 3 rings (SSSR count). The van der Waals surface area contributed by atoms with Crippen LogP contribution in [-0.2, 0) is 22.8 Å². The second-order valence-electron chi connectivity index (χ2n) is 4.41. The molecule has 0 amide bonds. The van der Waals surface area contributed by atoms with Gasteiger partial charge in [-0.2, -0.15) is 12.6 Å². The maximum absolute atomic E-state index is 4.23. The molecule has 0 aromatic heterocycles. The summed E-state index contributed by atoms with van der Waals surface area (Å²) in [7, 11) is 0. The van der Waals surface area contributed by atoms with E-state index in [1.807, 2.05) is 44.9 Å². The van der Waals surface area contributed by atoms with Gasteiger partial charge in [-0.3, -0.25) is 0 Å². The first-order valence-corrected chi connectivity index (χ1v) is 7.28. The van der Waals surface area contributed by atoms with Gasteiger partial charge >= 0.3 is 17.1 Å². The topological polar surface area (TPSA) is 0 Å². The number of allylic oxidation sites excluding steroid dienone is 1. The Morgan fingerprint density at radius 3 is 1.71 bits per heavy atom. The number of rotatable bonds is 3. The first kappa shape index (κ1) is 18.9. The second-order valence-corrected chi connectivity index (χ2v) is 4.73. The van der Waals surface area contributed by atoms with E-state index in [2.05, 4.69) is 61.9 Å². The molecule has 2 aliphatic carbocycles. The summed E-state index contributed by atoms with van der Waals surface area (Å²) in [5.74, 6) is 2.04. The summed E-state index contributed by atoms with van der Waals surface area (Å²) in [6, 6.07) is 8.45. The van der Waals surface area contributed by atoms with Crippen LogP contribution in [0.1, 0.15) is 11.1 Å². The van der Waals surface area contributed by atoms with Crippen molar-refractivity contribution in [1.29, 1.82) is 0 Å². The zero-order valence-electron chi connectivity index (χ0n) is 11.7. The van der Waals surface area contributed by atoms with Crippen molar-refractivity contribution in [3.8, 4) is 0 Å². The predicted octanol–water partition coefficient (Wildman–Crippen LogP) is 4.55. The van der Waals surface area contributed by atoms with Crippen LogP contribution in [0.4, 0.5) is 0 Å². The molecule has 10 radical (unpaired) electrons. The molecular weight excluding hydrogens is 316 g/mol. The summed E-state index contributed by atoms with van der Waals surface area (Å²) in [4.78, 5) is 0. The number of thiol groups is 1. The summed E-state index contributed by atoms with van der Waals surface area (Å²) in [6.45, 7) is 0. The molecule has 2 saturated carbocycles. The van der Waals surface area contributed by atoms with Gasteiger partial charge in [0.15, 0.2) is 0 Å². The van der Waals surface area contributed by atoms with E-state index in [9.17, 15) is 0 Å². The minimum atomic E-state index is 0. The molecule has 21 heavy (non-hydrogen) atoms. The molecule has 0 saturated heterocycles. The van der Waals surface area contributed by atoms with E-state index in [4.69, 9.17) is 0 Å². The maximum Gasteiger partial charge on any atom is 2.00 e. The van der Waals surface area contributed by atoms with E-state index in [0.717, 1.165) is 5.75 Å². The Kier molecular flexibility index (Phi) is 10.3. The zero-order valence-corrected chi connectivity index (χ0v) is 13.7. The monoisotopic (exact) mass is 334 g/mol. The van der Waals surface area contributed by atoms with Gasteiger partial charge in [0.2, 0.25) is 0 Å². The van der Waals surface area contributed by atoms with Gasteiger partial charge in [0.25, 0.3) is 0 Å². The molecule has 0 N–H and O–H groups in total. The van der Waals surface area contributed by atoms with Crippen LogP contribution < -0.4 is 0 Å². The predicted molar refractivity (Wildman–Crippen MR) is 90.1 cm³/mol. The maximum atomic E-state index is 4.23. The Balaban J connectivity index is 0.000000313. The first-order chi connectivity index (χ1) is 9.88. The van der Waals surface area contributed by atoms with E-state index in [0.29, 0.717) is 0 Å². The molecule has 106 valence electrons. The largest absolute Gasteiger partial charge is 2.00 e. The van der Waals surface area contributed by atoms with Crippen molar-refractivity contribution in [3.63, 3.8) is 0 Å². The normalized spacial score (nSPS) is 18.3. The van der Waals surface area contributed by atoms with Gasteiger partial charge < -0.3 is 0 Å². The molecule has 2 fully saturated rings. The summed E-state index contributed by atoms with van der Waals surface area (Å²) in [6.07, 6.45) is 22.5. The van der Waals surface area contributed by atoms with Crippen LogP contribution in [0.25, 0.3) is 6.08 Å². The van der Waals surface area contributed by atoms with Crippen molar-refractivity contribution in [2.45, 2.75) is 5.75 Å². The van der Waals surface area contributed by atoms with Crippen LogP contribution in [0, 0.1) is 63.7 Å². The Morgan fingerprint density at radius 2 is 1.24 bits per heavy atom. The van der Waals surface area contributed by atoms with Gasteiger partial charge in [0, 0.05) is 11.7 Å². The molecule has 0 unspecified atom stereocenters. The Labute approximate surface area is 146 Å². The van der Waals surface area contributed by atoms with Gasteiger partial charge in [0.1, 0.15) is 0 Å². The van der Waals surface area contributed by atoms with Gasteiger partial charge in [-0.05, 0) is 68.9 Å². The van der Waals surface area contributed by atoms with Crippen LogP contribution in [0.2, 0.25) is 0 Å². The van der Waals surface area contributed by atoms with Crippen molar-refractivity contribution in [1.82, 2.24) is 0 Å². The van der Waals surface area contributed by atoms with Gasteiger partial charge in [-0.15, -0.1) is 0 Å². The summed E-state index contributed by atoms with van der Waals surface area (Å²) in [5, 5.41) is 0. The van der Waals surface area contributed by atoms with Crippen molar-refractivity contribution >= 4 is 18.7 Å². The average Bonchev–Trinajstić information content (AvgIpc) is 3.21. The third kappa shape index (κ3) is 7.58. The van der Waals surface area contributed by atoms with Gasteiger partial charge in [-0.25, -0.2) is 0 Å². The smallest absolute Gasteiger partial charge is 0.175 e. The molecule has 0 atom stereocenters. The Morgan fingerprint density at radius 1 is 0.714 bits per heavy atom. The third-order valence-electron chi connectivity index (χ3n) is 2.87. The molecule has 0 nitrogen and oxygen atoms in total. The van der Waals surface area contributed by atoms with Crippen LogP contribution in [0.5, 0.6) is 0 Å². The molecule has 0 heterocycles. The fraction of sp³-hybridized carbons (Fsp3) is 0.0526. The fourth-order valence-electron chi connectivity index (χ4n) is 1.75. The van der Waals surface area contributed by atoms with Crippen molar-refractivity contribution in [3.05, 3.63) is 105 Å². The Hall–Kier alpha value is -0.171. The Bertz CT molecular complexity index is 379. The van der Waals surface area contributed by atoms with Crippen LogP contribution in [0.15, 0.2) is 30.3 Å². The third-order valence-corrected chi connectivity index (χ3v) is 3.24. The van der Waals surface area contributed by atoms with E-state index in [1.165, 1.54) is 17.0 Å². The summed E-state index contributed by atoms with van der Waals surface area (Å²) < 4.78 is 0. The standard InChI is InChI=1S/C14H13S.C5H5.Fe/c15-11-14-9-7-13(8-10-14)6-5-12-3-1-2-4-12;1-2-4-5-3-1;/h1-10,15H,11H2;1-5H;/q;;+2/b6-5+;;. The van der Waals surface area contributed by atoms with Gasteiger partial charge in [0.05, 0.1) is 0 Å². The SMILES string of the molecule is SCc1ccc(/C=C/[C]2[CH][CH][CH][CH]2)cc1.[CH]1[CH][CH][CH][CH]1.[Fe+2]. The van der Waals surface area contributed by atoms with E-state index in [-0.39, 0.29) is 17.1 Å². The quantitative estimate of drug-likeness (QED) is 0.608. The first-order valence-electron chi connectivity index (χ1n) is 6.65. The molecule has 0 bridgehead atoms. The minimum Gasteiger partial charge on any atom is -0.175 e. The molecule has 0 spiro atoms.